The third-order valence-corrected chi connectivity index (χ3v) is 4.38. The molecule has 1 aromatic heterocycles. The van der Waals surface area contributed by atoms with Crippen LogP contribution in [-0.4, -0.2) is 34.1 Å². The molecule has 0 saturated carbocycles. The van der Waals surface area contributed by atoms with Gasteiger partial charge in [0.2, 0.25) is 0 Å². The van der Waals surface area contributed by atoms with Crippen LogP contribution in [0.5, 0.6) is 0 Å². The van der Waals surface area contributed by atoms with Crippen molar-refractivity contribution in [2.24, 2.45) is 0 Å². The van der Waals surface area contributed by atoms with E-state index in [1.54, 1.807) is 0 Å². The van der Waals surface area contributed by atoms with Gasteiger partial charge in [0.05, 0.1) is 11.0 Å². The zero-order chi connectivity index (χ0) is 14.3. The normalized spacial score (nSPS) is 20.3. The van der Waals surface area contributed by atoms with E-state index in [1.165, 1.54) is 30.7 Å². The van der Waals surface area contributed by atoms with E-state index in [9.17, 15) is 0 Å². The molecule has 1 atom stereocenters. The van der Waals surface area contributed by atoms with E-state index in [1.807, 2.05) is 12.1 Å². The van der Waals surface area contributed by atoms with Gasteiger partial charge in [0.15, 0.2) is 0 Å². The fraction of sp³-hybridized carbons (Fsp3) is 0.562. The molecule has 2 heterocycles. The van der Waals surface area contributed by atoms with Gasteiger partial charge >= 0.3 is 0 Å². The van der Waals surface area contributed by atoms with E-state index >= 15 is 0 Å². The van der Waals surface area contributed by atoms with Gasteiger partial charge in [-0.15, -0.1) is 0 Å². The molecule has 1 aliphatic rings. The first-order valence-corrected chi connectivity index (χ1v) is 7.52. The third-order valence-electron chi connectivity index (χ3n) is 4.38. The van der Waals surface area contributed by atoms with Crippen LogP contribution in [0.3, 0.4) is 0 Å². The number of fused-ring (bicyclic) bond motifs is 1. The number of hydrogen-bond acceptors (Lipinski definition) is 3. The molecule has 20 heavy (non-hydrogen) atoms. The number of benzene rings is 1. The van der Waals surface area contributed by atoms with Crippen molar-refractivity contribution >= 4 is 16.7 Å². The second kappa shape index (κ2) is 5.09. The van der Waals surface area contributed by atoms with Crippen LogP contribution in [0.2, 0.25) is 0 Å². The van der Waals surface area contributed by atoms with Crippen molar-refractivity contribution in [1.82, 2.24) is 14.5 Å². The molecule has 1 unspecified atom stereocenters. The molecule has 4 heteroatoms. The molecule has 1 fully saturated rings. The van der Waals surface area contributed by atoms with Gasteiger partial charge in [0.25, 0.3) is 0 Å². The van der Waals surface area contributed by atoms with E-state index in [0.29, 0.717) is 12.0 Å². The second-order valence-corrected chi connectivity index (χ2v) is 6.26. The van der Waals surface area contributed by atoms with Crippen molar-refractivity contribution in [3.63, 3.8) is 0 Å². The van der Waals surface area contributed by atoms with Crippen molar-refractivity contribution in [3.05, 3.63) is 24.0 Å². The number of hydrogen-bond donors (Lipinski definition) is 1. The van der Waals surface area contributed by atoms with Gasteiger partial charge in [-0.3, -0.25) is 0 Å². The minimum absolute atomic E-state index is 0.426. The third kappa shape index (κ3) is 2.29. The van der Waals surface area contributed by atoms with Crippen LogP contribution in [0.25, 0.3) is 11.0 Å². The Morgan fingerprint density at radius 1 is 1.40 bits per heavy atom. The molecule has 1 aromatic carbocycles. The molecule has 0 amide bonds. The van der Waals surface area contributed by atoms with Crippen LogP contribution in [0, 0.1) is 0 Å². The van der Waals surface area contributed by atoms with E-state index in [4.69, 9.17) is 10.7 Å². The Bertz CT molecular complexity index is 614. The minimum Gasteiger partial charge on any atom is -0.399 e. The highest BCUT2D eigenvalue weighted by atomic mass is 15.2. The number of nitrogens with two attached hydrogens (primary N) is 1. The van der Waals surface area contributed by atoms with E-state index < -0.39 is 0 Å². The average molecular weight is 272 g/mol. The average Bonchev–Trinajstić information content (AvgIpc) is 2.95. The van der Waals surface area contributed by atoms with Crippen LogP contribution in [0.4, 0.5) is 5.69 Å². The highest BCUT2D eigenvalue weighted by Gasteiger charge is 2.24. The Labute approximate surface area is 120 Å². The van der Waals surface area contributed by atoms with Crippen molar-refractivity contribution < 1.29 is 0 Å². The summed E-state index contributed by atoms with van der Waals surface area (Å²) in [5, 5.41) is 0. The van der Waals surface area contributed by atoms with E-state index in [-0.39, 0.29) is 0 Å². The van der Waals surface area contributed by atoms with Gasteiger partial charge in [-0.05, 0) is 44.6 Å². The number of nitrogen functional groups attached to an aromatic ring is 1. The van der Waals surface area contributed by atoms with E-state index in [0.717, 1.165) is 17.7 Å². The first-order chi connectivity index (χ1) is 9.56. The number of rotatable bonds is 3. The number of aromatic nitrogens is 2. The monoisotopic (exact) mass is 272 g/mol. The van der Waals surface area contributed by atoms with Crippen molar-refractivity contribution in [2.45, 2.75) is 45.2 Å². The lowest BCUT2D eigenvalue weighted by atomic mass is 10.2. The number of anilines is 1. The summed E-state index contributed by atoms with van der Waals surface area (Å²) in [7, 11) is 2.23. The summed E-state index contributed by atoms with van der Waals surface area (Å²) in [5.74, 6) is 1.60. The lowest BCUT2D eigenvalue weighted by molar-refractivity contribution is 0.281. The molecule has 0 aliphatic carbocycles. The van der Waals surface area contributed by atoms with Gasteiger partial charge in [-0.25, -0.2) is 4.98 Å². The van der Waals surface area contributed by atoms with Crippen LogP contribution < -0.4 is 5.73 Å². The molecule has 0 bridgehead atoms. The Morgan fingerprint density at radius 3 is 2.85 bits per heavy atom. The van der Waals surface area contributed by atoms with Gasteiger partial charge in [0.1, 0.15) is 5.82 Å². The molecule has 2 aromatic rings. The number of likely N-dealkylation sites (tertiary alicyclic amines) is 1. The largest absolute Gasteiger partial charge is 0.399 e. The fourth-order valence-electron chi connectivity index (χ4n) is 3.22. The van der Waals surface area contributed by atoms with Gasteiger partial charge < -0.3 is 15.2 Å². The van der Waals surface area contributed by atoms with Gasteiger partial charge in [-0.2, -0.15) is 0 Å². The molecular formula is C16H24N4. The van der Waals surface area contributed by atoms with Crippen LogP contribution in [0.1, 0.15) is 38.4 Å². The first-order valence-electron chi connectivity index (χ1n) is 7.52. The van der Waals surface area contributed by atoms with Gasteiger partial charge in [0, 0.05) is 24.2 Å². The molecule has 0 radical (unpaired) electrons. The quantitative estimate of drug-likeness (QED) is 0.874. The van der Waals surface area contributed by atoms with Crippen molar-refractivity contribution in [1.29, 1.82) is 0 Å². The first kappa shape index (κ1) is 13.4. The summed E-state index contributed by atoms with van der Waals surface area (Å²) in [6.07, 6.45) is 2.58. The van der Waals surface area contributed by atoms with Crippen LogP contribution in [-0.2, 0) is 6.54 Å². The summed E-state index contributed by atoms with van der Waals surface area (Å²) in [6, 6.07) is 6.69. The summed E-state index contributed by atoms with van der Waals surface area (Å²) < 4.78 is 2.39. The highest BCUT2D eigenvalue weighted by molar-refractivity contribution is 5.79. The smallest absolute Gasteiger partial charge is 0.112 e. The maximum Gasteiger partial charge on any atom is 0.112 e. The molecular weight excluding hydrogens is 248 g/mol. The molecule has 0 spiro atoms. The predicted molar refractivity (Wildman–Crippen MR) is 83.9 cm³/mol. The number of imidazole rings is 1. The number of nitrogens with zero attached hydrogens (tertiary/aromatic N) is 3. The summed E-state index contributed by atoms with van der Waals surface area (Å²) in [5.41, 5.74) is 8.91. The molecule has 3 rings (SSSR count). The highest BCUT2D eigenvalue weighted by Crippen LogP contribution is 2.26. The Hall–Kier alpha value is -1.55. The Kier molecular flexibility index (Phi) is 3.42. The van der Waals surface area contributed by atoms with Crippen LogP contribution in [0.15, 0.2) is 18.2 Å². The van der Waals surface area contributed by atoms with E-state index in [2.05, 4.69) is 36.4 Å². The summed E-state index contributed by atoms with van der Waals surface area (Å²) in [4.78, 5) is 7.27. The molecule has 4 nitrogen and oxygen atoms in total. The molecule has 1 saturated heterocycles. The van der Waals surface area contributed by atoms with Crippen molar-refractivity contribution in [2.75, 3.05) is 19.3 Å². The topological polar surface area (TPSA) is 47.1 Å². The lowest BCUT2D eigenvalue weighted by Gasteiger charge is -2.22. The van der Waals surface area contributed by atoms with Crippen LogP contribution >= 0.6 is 0 Å². The maximum atomic E-state index is 5.89. The molecule has 2 N–H and O–H groups in total. The minimum atomic E-state index is 0.426. The Morgan fingerprint density at radius 2 is 2.20 bits per heavy atom. The molecule has 1 aliphatic heterocycles. The standard InChI is InChI=1S/C16H24N4/c1-11(2)16-18-14-9-12(17)6-7-15(14)20(16)10-13-5-4-8-19(13)3/h6-7,9,11,13H,4-5,8,10,17H2,1-3H3. The zero-order valence-electron chi connectivity index (χ0n) is 12.6. The predicted octanol–water partition coefficient (Wildman–Crippen LogP) is 2.84. The maximum absolute atomic E-state index is 5.89. The zero-order valence-corrected chi connectivity index (χ0v) is 12.6. The SMILES string of the molecule is CC(C)c1nc2cc(N)ccc2n1CC1CCCN1C. The summed E-state index contributed by atoms with van der Waals surface area (Å²) >= 11 is 0. The van der Waals surface area contributed by atoms with Gasteiger partial charge in [-0.1, -0.05) is 13.8 Å². The summed E-state index contributed by atoms with van der Waals surface area (Å²) in [6.45, 7) is 6.66. The van der Waals surface area contributed by atoms with Crippen molar-refractivity contribution in [3.8, 4) is 0 Å². The second-order valence-electron chi connectivity index (χ2n) is 6.26. The fourth-order valence-corrected chi connectivity index (χ4v) is 3.22. The molecule has 108 valence electrons. The lowest BCUT2D eigenvalue weighted by Crippen LogP contribution is -2.30. The number of likely N-dealkylation sites (N-methyl/N-ethyl adjacent to an activating group) is 1. The Balaban J connectivity index is 2.04.